The molecule has 0 aliphatic heterocycles. The van der Waals surface area contributed by atoms with Crippen LogP contribution in [0.5, 0.6) is 11.5 Å². The Labute approximate surface area is 107 Å². The molecule has 1 rings (SSSR count). The van der Waals surface area contributed by atoms with Gasteiger partial charge in [-0.3, -0.25) is 19.7 Å². The standard InChI is InChI=1S/C12H11NO6/c1-7(14)4-9(15)3-2-8-5-10(13(18)19)12(17)11(16)6-8/h2-3,5-6,16-17H,4H2,1H3. The molecule has 19 heavy (non-hydrogen) atoms. The van der Waals surface area contributed by atoms with Gasteiger partial charge >= 0.3 is 5.69 Å². The third-order valence-corrected chi connectivity index (χ3v) is 2.17. The van der Waals surface area contributed by atoms with Gasteiger partial charge in [-0.15, -0.1) is 0 Å². The van der Waals surface area contributed by atoms with Gasteiger partial charge in [-0.05, 0) is 24.6 Å². The number of phenolic OH excluding ortho intramolecular Hbond substituents is 2. The summed E-state index contributed by atoms with van der Waals surface area (Å²) in [5, 5.41) is 29.2. The number of hydrogen-bond acceptors (Lipinski definition) is 6. The van der Waals surface area contributed by atoms with Crippen molar-refractivity contribution in [1.82, 2.24) is 0 Å². The van der Waals surface area contributed by atoms with Crippen molar-refractivity contribution in [2.45, 2.75) is 13.3 Å². The molecule has 0 heterocycles. The van der Waals surface area contributed by atoms with Gasteiger partial charge in [0.05, 0.1) is 11.3 Å². The molecule has 0 aromatic heterocycles. The molecule has 0 radical (unpaired) electrons. The fourth-order valence-electron chi connectivity index (χ4n) is 1.35. The predicted octanol–water partition coefficient (Wildman–Crippen LogP) is 1.57. The number of carbonyl (C=O) groups excluding carboxylic acids is 2. The molecule has 0 saturated heterocycles. The summed E-state index contributed by atoms with van der Waals surface area (Å²) in [6.07, 6.45) is 2.04. The maximum absolute atomic E-state index is 11.2. The molecule has 0 amide bonds. The minimum atomic E-state index is -0.857. The van der Waals surface area contributed by atoms with Gasteiger partial charge in [-0.1, -0.05) is 6.08 Å². The van der Waals surface area contributed by atoms with E-state index in [2.05, 4.69) is 0 Å². The number of rotatable bonds is 5. The molecule has 0 spiro atoms. The maximum Gasteiger partial charge on any atom is 0.315 e. The normalized spacial score (nSPS) is 10.6. The number of phenols is 2. The van der Waals surface area contributed by atoms with Crippen LogP contribution in [0.2, 0.25) is 0 Å². The smallest absolute Gasteiger partial charge is 0.315 e. The summed E-state index contributed by atoms with van der Waals surface area (Å²) in [5.74, 6) is -2.25. The van der Waals surface area contributed by atoms with Crippen molar-refractivity contribution in [2.75, 3.05) is 0 Å². The van der Waals surface area contributed by atoms with Crippen LogP contribution in [0.15, 0.2) is 18.2 Å². The van der Waals surface area contributed by atoms with Crippen molar-refractivity contribution < 1.29 is 24.7 Å². The number of nitrogens with zero attached hydrogens (tertiary/aromatic N) is 1. The van der Waals surface area contributed by atoms with Crippen LogP contribution in [0.25, 0.3) is 6.08 Å². The first-order valence-corrected chi connectivity index (χ1v) is 5.22. The van der Waals surface area contributed by atoms with Crippen LogP contribution >= 0.6 is 0 Å². The second-order valence-electron chi connectivity index (χ2n) is 3.84. The second kappa shape index (κ2) is 5.76. The zero-order chi connectivity index (χ0) is 14.6. The van der Waals surface area contributed by atoms with E-state index in [9.17, 15) is 29.9 Å². The van der Waals surface area contributed by atoms with E-state index in [4.69, 9.17) is 0 Å². The van der Waals surface area contributed by atoms with Gasteiger partial charge in [-0.25, -0.2) is 0 Å². The quantitative estimate of drug-likeness (QED) is 0.274. The number of aromatic hydroxyl groups is 2. The third kappa shape index (κ3) is 3.91. The zero-order valence-electron chi connectivity index (χ0n) is 9.99. The first kappa shape index (κ1) is 14.4. The maximum atomic E-state index is 11.2. The van der Waals surface area contributed by atoms with E-state index in [1.54, 1.807) is 0 Å². The summed E-state index contributed by atoms with van der Waals surface area (Å²) < 4.78 is 0. The van der Waals surface area contributed by atoms with Gasteiger partial charge in [0.2, 0.25) is 5.75 Å². The van der Waals surface area contributed by atoms with Crippen LogP contribution in [0, 0.1) is 10.1 Å². The third-order valence-electron chi connectivity index (χ3n) is 2.17. The van der Waals surface area contributed by atoms with Gasteiger partial charge in [0, 0.05) is 6.07 Å². The minimum absolute atomic E-state index is 0.166. The molecular formula is C12H11NO6. The lowest BCUT2D eigenvalue weighted by Crippen LogP contribution is -2.00. The number of Topliss-reactive ketones (excluding diaryl/α,β-unsaturated/α-hetero) is 1. The van der Waals surface area contributed by atoms with Crippen LogP contribution in [0.4, 0.5) is 5.69 Å². The molecule has 100 valence electrons. The zero-order valence-corrected chi connectivity index (χ0v) is 9.99. The Morgan fingerprint density at radius 2 is 2.00 bits per heavy atom. The molecule has 0 aliphatic carbocycles. The first-order chi connectivity index (χ1) is 8.81. The van der Waals surface area contributed by atoms with Crippen molar-refractivity contribution in [1.29, 1.82) is 0 Å². The van der Waals surface area contributed by atoms with Crippen LogP contribution in [0.1, 0.15) is 18.9 Å². The van der Waals surface area contributed by atoms with Gasteiger partial charge < -0.3 is 10.2 Å². The highest BCUT2D eigenvalue weighted by Crippen LogP contribution is 2.36. The van der Waals surface area contributed by atoms with E-state index < -0.39 is 27.9 Å². The number of benzene rings is 1. The number of nitro benzene ring substituents is 1. The predicted molar refractivity (Wildman–Crippen MR) is 65.8 cm³/mol. The molecule has 1 aromatic rings. The molecule has 0 aliphatic rings. The largest absolute Gasteiger partial charge is 0.504 e. The number of hydrogen-bond donors (Lipinski definition) is 2. The Morgan fingerprint density at radius 3 is 2.53 bits per heavy atom. The molecule has 0 saturated carbocycles. The van der Waals surface area contributed by atoms with Gasteiger partial charge in [0.15, 0.2) is 11.5 Å². The van der Waals surface area contributed by atoms with Crippen molar-refractivity contribution >= 4 is 23.3 Å². The fourth-order valence-corrected chi connectivity index (χ4v) is 1.35. The summed E-state index contributed by atoms with van der Waals surface area (Å²) >= 11 is 0. The lowest BCUT2D eigenvalue weighted by Gasteiger charge is -2.01. The van der Waals surface area contributed by atoms with E-state index >= 15 is 0 Å². The molecule has 0 fully saturated rings. The fraction of sp³-hybridized carbons (Fsp3) is 0.167. The highest BCUT2D eigenvalue weighted by atomic mass is 16.6. The number of allylic oxidation sites excluding steroid dienone is 1. The molecule has 2 N–H and O–H groups in total. The summed E-state index contributed by atoms with van der Waals surface area (Å²) in [5.41, 5.74) is -0.502. The van der Waals surface area contributed by atoms with Crippen LogP contribution in [0.3, 0.4) is 0 Å². The Balaban J connectivity index is 3.03. The number of ketones is 2. The Bertz CT molecular complexity index is 576. The van der Waals surface area contributed by atoms with E-state index in [0.717, 1.165) is 18.2 Å². The highest BCUT2D eigenvalue weighted by Gasteiger charge is 2.18. The van der Waals surface area contributed by atoms with Crippen molar-refractivity contribution in [3.8, 4) is 11.5 Å². The lowest BCUT2D eigenvalue weighted by molar-refractivity contribution is -0.386. The Hall–Kier alpha value is -2.70. The lowest BCUT2D eigenvalue weighted by atomic mass is 10.1. The molecular weight excluding hydrogens is 254 g/mol. The molecule has 0 unspecified atom stereocenters. The monoisotopic (exact) mass is 265 g/mol. The SMILES string of the molecule is CC(=O)CC(=O)C=Cc1cc(O)c(O)c([N+](=O)[O-])c1. The van der Waals surface area contributed by atoms with Gasteiger partial charge in [0.25, 0.3) is 0 Å². The second-order valence-corrected chi connectivity index (χ2v) is 3.84. The van der Waals surface area contributed by atoms with E-state index in [-0.39, 0.29) is 17.8 Å². The van der Waals surface area contributed by atoms with Gasteiger partial charge in [0.1, 0.15) is 5.78 Å². The van der Waals surface area contributed by atoms with Crippen LogP contribution < -0.4 is 0 Å². The van der Waals surface area contributed by atoms with Gasteiger partial charge in [-0.2, -0.15) is 0 Å². The topological polar surface area (TPSA) is 118 Å². The molecule has 0 bridgehead atoms. The minimum Gasteiger partial charge on any atom is -0.504 e. The van der Waals surface area contributed by atoms with Crippen LogP contribution in [-0.2, 0) is 9.59 Å². The van der Waals surface area contributed by atoms with Crippen LogP contribution in [-0.4, -0.2) is 26.7 Å². The number of carbonyl (C=O) groups is 2. The average molecular weight is 265 g/mol. The average Bonchev–Trinajstić information content (AvgIpc) is 2.29. The highest BCUT2D eigenvalue weighted by molar-refractivity contribution is 6.05. The summed E-state index contributed by atoms with van der Waals surface area (Å²) in [7, 11) is 0. The summed E-state index contributed by atoms with van der Waals surface area (Å²) in [6, 6.07) is 2.08. The summed E-state index contributed by atoms with van der Waals surface area (Å²) in [4.78, 5) is 31.7. The van der Waals surface area contributed by atoms with E-state index in [1.165, 1.54) is 13.0 Å². The molecule has 1 aromatic carbocycles. The first-order valence-electron chi connectivity index (χ1n) is 5.22. The Kier molecular flexibility index (Phi) is 4.36. The molecule has 0 atom stereocenters. The molecule has 7 heteroatoms. The van der Waals surface area contributed by atoms with Crippen molar-refractivity contribution in [3.05, 3.63) is 33.9 Å². The molecule has 7 nitrogen and oxygen atoms in total. The summed E-state index contributed by atoms with van der Waals surface area (Å²) in [6.45, 7) is 1.27. The van der Waals surface area contributed by atoms with Crippen molar-refractivity contribution in [3.63, 3.8) is 0 Å². The van der Waals surface area contributed by atoms with E-state index in [1.807, 2.05) is 0 Å². The number of nitro groups is 1. The Morgan fingerprint density at radius 1 is 1.37 bits per heavy atom. The van der Waals surface area contributed by atoms with E-state index in [0.29, 0.717) is 0 Å². The van der Waals surface area contributed by atoms with Crippen molar-refractivity contribution in [2.24, 2.45) is 0 Å².